The molecule has 0 aliphatic rings. The fourth-order valence-electron chi connectivity index (χ4n) is 1.54. The Morgan fingerprint density at radius 1 is 1.19 bits per heavy atom. The van der Waals surface area contributed by atoms with E-state index in [9.17, 15) is 4.39 Å². The van der Waals surface area contributed by atoms with Crippen molar-refractivity contribution in [3.05, 3.63) is 59.9 Å². The van der Waals surface area contributed by atoms with Gasteiger partial charge >= 0.3 is 0 Å². The van der Waals surface area contributed by atoms with Gasteiger partial charge in [-0.2, -0.15) is 0 Å². The summed E-state index contributed by atoms with van der Waals surface area (Å²) in [6, 6.07) is 6.22. The van der Waals surface area contributed by atoms with Crippen LogP contribution in [0.5, 0.6) is 0 Å². The Bertz CT molecular complexity index is 459. The van der Waals surface area contributed by atoms with Gasteiger partial charge in [0.1, 0.15) is 5.82 Å². The Morgan fingerprint density at radius 3 is 2.62 bits per heavy atom. The maximum absolute atomic E-state index is 13.4. The van der Waals surface area contributed by atoms with Gasteiger partial charge in [-0.25, -0.2) is 4.39 Å². The maximum Gasteiger partial charge on any atom is 0.146 e. The van der Waals surface area contributed by atoms with Crippen molar-refractivity contribution >= 4 is 0 Å². The maximum atomic E-state index is 13.4. The highest BCUT2D eigenvalue weighted by Crippen LogP contribution is 2.15. The fourth-order valence-corrected chi connectivity index (χ4v) is 1.54. The first-order valence-corrected chi connectivity index (χ1v) is 5.02. The predicted octanol–water partition coefficient (Wildman–Crippen LogP) is 1.86. The molecule has 2 aromatic heterocycles. The quantitative estimate of drug-likeness (QED) is 0.853. The number of hydrogen-bond donors (Lipinski definition) is 1. The van der Waals surface area contributed by atoms with Crippen molar-refractivity contribution < 1.29 is 4.39 Å². The third-order valence-corrected chi connectivity index (χ3v) is 2.34. The molecule has 0 bridgehead atoms. The Morgan fingerprint density at radius 2 is 1.94 bits per heavy atom. The fraction of sp³-hybridized carbons (Fsp3) is 0.167. The highest BCUT2D eigenvalue weighted by molar-refractivity contribution is 5.17. The van der Waals surface area contributed by atoms with Crippen LogP contribution in [0, 0.1) is 5.82 Å². The van der Waals surface area contributed by atoms with E-state index in [1.54, 1.807) is 24.7 Å². The summed E-state index contributed by atoms with van der Waals surface area (Å²) in [5, 5.41) is 0. The molecule has 2 N–H and O–H groups in total. The molecule has 16 heavy (non-hydrogen) atoms. The zero-order chi connectivity index (χ0) is 11.4. The van der Waals surface area contributed by atoms with Crippen molar-refractivity contribution in [1.82, 2.24) is 9.97 Å². The second kappa shape index (κ2) is 4.81. The Hall–Kier alpha value is -1.81. The van der Waals surface area contributed by atoms with Gasteiger partial charge in [-0.05, 0) is 36.2 Å². The number of nitrogens with zero attached hydrogens (tertiary/aromatic N) is 2. The van der Waals surface area contributed by atoms with E-state index >= 15 is 0 Å². The molecule has 0 aliphatic carbocycles. The SMILES string of the molecule is NC(Cc1ccncc1)c1ncccc1F. The van der Waals surface area contributed by atoms with Crippen LogP contribution in [0.4, 0.5) is 4.39 Å². The second-order valence-electron chi connectivity index (χ2n) is 3.54. The Labute approximate surface area is 93.2 Å². The van der Waals surface area contributed by atoms with Gasteiger partial charge in [-0.1, -0.05) is 0 Å². The molecular formula is C12H12FN3. The predicted molar refractivity (Wildman–Crippen MR) is 59.1 cm³/mol. The van der Waals surface area contributed by atoms with Gasteiger partial charge < -0.3 is 5.73 Å². The first-order chi connectivity index (χ1) is 7.77. The van der Waals surface area contributed by atoms with Crippen molar-refractivity contribution in [1.29, 1.82) is 0 Å². The number of nitrogens with two attached hydrogens (primary N) is 1. The molecule has 2 heterocycles. The molecule has 0 saturated heterocycles. The highest BCUT2D eigenvalue weighted by Gasteiger charge is 2.12. The molecule has 0 radical (unpaired) electrons. The second-order valence-corrected chi connectivity index (χ2v) is 3.54. The molecular weight excluding hydrogens is 205 g/mol. The summed E-state index contributed by atoms with van der Waals surface area (Å²) >= 11 is 0. The summed E-state index contributed by atoms with van der Waals surface area (Å²) in [6.07, 6.45) is 5.48. The highest BCUT2D eigenvalue weighted by atomic mass is 19.1. The van der Waals surface area contributed by atoms with E-state index in [0.29, 0.717) is 12.1 Å². The number of halogens is 1. The monoisotopic (exact) mass is 217 g/mol. The first-order valence-electron chi connectivity index (χ1n) is 5.02. The van der Waals surface area contributed by atoms with Crippen LogP contribution >= 0.6 is 0 Å². The molecule has 1 unspecified atom stereocenters. The third kappa shape index (κ3) is 2.41. The summed E-state index contributed by atoms with van der Waals surface area (Å²) < 4.78 is 13.4. The molecule has 4 heteroatoms. The lowest BCUT2D eigenvalue weighted by Crippen LogP contribution is -2.16. The van der Waals surface area contributed by atoms with Crippen LogP contribution in [-0.4, -0.2) is 9.97 Å². The molecule has 0 aromatic carbocycles. The van der Waals surface area contributed by atoms with Crippen molar-refractivity contribution in [2.75, 3.05) is 0 Å². The summed E-state index contributed by atoms with van der Waals surface area (Å²) in [6.45, 7) is 0. The summed E-state index contributed by atoms with van der Waals surface area (Å²) in [4.78, 5) is 7.87. The van der Waals surface area contributed by atoms with Crippen molar-refractivity contribution in [2.45, 2.75) is 12.5 Å². The van der Waals surface area contributed by atoms with E-state index in [2.05, 4.69) is 9.97 Å². The van der Waals surface area contributed by atoms with Crippen molar-refractivity contribution in [2.24, 2.45) is 5.73 Å². The Balaban J connectivity index is 2.15. The van der Waals surface area contributed by atoms with Gasteiger partial charge in [-0.3, -0.25) is 9.97 Å². The zero-order valence-corrected chi connectivity index (χ0v) is 8.68. The standard InChI is InChI=1S/C12H12FN3/c13-10-2-1-5-16-12(10)11(14)8-9-3-6-15-7-4-9/h1-7,11H,8,14H2. The number of pyridine rings is 2. The molecule has 3 nitrogen and oxygen atoms in total. The normalized spacial score (nSPS) is 12.4. The summed E-state index contributed by atoms with van der Waals surface area (Å²) in [5.41, 5.74) is 7.23. The van der Waals surface area contributed by atoms with Gasteiger partial charge in [0.25, 0.3) is 0 Å². The van der Waals surface area contributed by atoms with Gasteiger partial charge in [-0.15, -0.1) is 0 Å². The molecule has 2 aromatic rings. The summed E-state index contributed by atoms with van der Waals surface area (Å²) in [7, 11) is 0. The largest absolute Gasteiger partial charge is 0.322 e. The average molecular weight is 217 g/mol. The van der Waals surface area contributed by atoms with Crippen LogP contribution in [0.2, 0.25) is 0 Å². The minimum absolute atomic E-state index is 0.305. The van der Waals surface area contributed by atoms with Crippen LogP contribution in [0.25, 0.3) is 0 Å². The van der Waals surface area contributed by atoms with E-state index in [0.717, 1.165) is 5.56 Å². The van der Waals surface area contributed by atoms with Crippen molar-refractivity contribution in [3.8, 4) is 0 Å². The first kappa shape index (κ1) is 10.7. The van der Waals surface area contributed by atoms with E-state index in [1.165, 1.54) is 6.07 Å². The van der Waals surface area contributed by atoms with E-state index < -0.39 is 6.04 Å². The zero-order valence-electron chi connectivity index (χ0n) is 8.68. The number of rotatable bonds is 3. The van der Waals surface area contributed by atoms with Crippen LogP contribution in [0.3, 0.4) is 0 Å². The van der Waals surface area contributed by atoms with Gasteiger partial charge in [0.15, 0.2) is 0 Å². The lowest BCUT2D eigenvalue weighted by atomic mass is 10.0. The minimum Gasteiger partial charge on any atom is -0.322 e. The third-order valence-electron chi connectivity index (χ3n) is 2.34. The topological polar surface area (TPSA) is 51.8 Å². The molecule has 82 valence electrons. The van der Waals surface area contributed by atoms with E-state index in [1.807, 2.05) is 12.1 Å². The molecule has 0 aliphatic heterocycles. The van der Waals surface area contributed by atoms with E-state index in [4.69, 9.17) is 5.73 Å². The average Bonchev–Trinajstić information content (AvgIpc) is 2.31. The molecule has 2 rings (SSSR count). The molecule has 0 spiro atoms. The minimum atomic E-state index is -0.427. The van der Waals surface area contributed by atoms with Crippen LogP contribution in [0.15, 0.2) is 42.9 Å². The number of aromatic nitrogens is 2. The van der Waals surface area contributed by atoms with Crippen molar-refractivity contribution in [3.63, 3.8) is 0 Å². The Kier molecular flexibility index (Phi) is 3.22. The van der Waals surface area contributed by atoms with E-state index in [-0.39, 0.29) is 5.82 Å². The lowest BCUT2D eigenvalue weighted by molar-refractivity contribution is 0.564. The summed E-state index contributed by atoms with van der Waals surface area (Å²) in [5.74, 6) is -0.357. The smallest absolute Gasteiger partial charge is 0.146 e. The van der Waals surface area contributed by atoms with Crippen LogP contribution in [-0.2, 0) is 6.42 Å². The lowest BCUT2D eigenvalue weighted by Gasteiger charge is -2.11. The van der Waals surface area contributed by atoms with Crippen LogP contribution < -0.4 is 5.73 Å². The number of hydrogen-bond acceptors (Lipinski definition) is 3. The van der Waals surface area contributed by atoms with Gasteiger partial charge in [0, 0.05) is 18.6 Å². The van der Waals surface area contributed by atoms with Gasteiger partial charge in [0.05, 0.1) is 11.7 Å². The van der Waals surface area contributed by atoms with Crippen LogP contribution in [0.1, 0.15) is 17.3 Å². The molecule has 1 atom stereocenters. The molecule has 0 saturated carbocycles. The molecule has 0 amide bonds. The van der Waals surface area contributed by atoms with Gasteiger partial charge in [0.2, 0.25) is 0 Å². The molecule has 0 fully saturated rings.